The molecule has 0 aliphatic carbocycles. The van der Waals surface area contributed by atoms with Gasteiger partial charge in [0.15, 0.2) is 0 Å². The number of amides is 1. The van der Waals surface area contributed by atoms with Gasteiger partial charge in [-0.2, -0.15) is 5.21 Å². The van der Waals surface area contributed by atoms with Crippen LogP contribution in [0.5, 0.6) is 0 Å². The van der Waals surface area contributed by atoms with E-state index < -0.39 is 0 Å². The van der Waals surface area contributed by atoms with E-state index in [1.165, 1.54) is 0 Å². The van der Waals surface area contributed by atoms with E-state index >= 15 is 0 Å². The third-order valence-corrected chi connectivity index (χ3v) is 5.57. The van der Waals surface area contributed by atoms with Crippen LogP contribution in [0.25, 0.3) is 11.4 Å². The number of aromatic nitrogens is 4. The van der Waals surface area contributed by atoms with Crippen molar-refractivity contribution in [2.24, 2.45) is 0 Å². The molecule has 1 aromatic heterocycles. The van der Waals surface area contributed by atoms with Crippen molar-refractivity contribution in [3.05, 3.63) is 59.1 Å². The molecule has 0 saturated carbocycles. The Balaban J connectivity index is 1.30. The first kappa shape index (κ1) is 20.5. The van der Waals surface area contributed by atoms with Crippen molar-refractivity contribution in [1.82, 2.24) is 25.5 Å². The van der Waals surface area contributed by atoms with Gasteiger partial charge in [0.2, 0.25) is 11.7 Å². The average molecular weight is 427 g/mol. The lowest BCUT2D eigenvalue weighted by atomic mass is 10.2. The molecule has 30 heavy (non-hydrogen) atoms. The van der Waals surface area contributed by atoms with E-state index in [9.17, 15) is 4.79 Å². The Bertz CT molecular complexity index is 982. The third-order valence-electron chi connectivity index (χ3n) is 5.25. The van der Waals surface area contributed by atoms with Gasteiger partial charge >= 0.3 is 0 Å². The van der Waals surface area contributed by atoms with Gasteiger partial charge in [0.05, 0.1) is 23.8 Å². The minimum absolute atomic E-state index is 0.0814. The normalized spacial score (nSPS) is 17.7. The topological polar surface area (TPSA) is 96.0 Å². The molecule has 1 aliphatic rings. The number of hydrogen-bond acceptors (Lipinski definition) is 6. The Kier molecular flexibility index (Phi) is 6.37. The lowest BCUT2D eigenvalue weighted by Gasteiger charge is -2.23. The van der Waals surface area contributed by atoms with Gasteiger partial charge in [-0.15, -0.1) is 10.2 Å². The summed E-state index contributed by atoms with van der Waals surface area (Å²) in [6.07, 6.45) is 1.04. The zero-order chi connectivity index (χ0) is 20.9. The molecule has 1 fully saturated rings. The number of halogens is 1. The van der Waals surface area contributed by atoms with Crippen LogP contribution in [0.1, 0.15) is 18.9 Å². The number of benzene rings is 2. The minimum atomic E-state index is -0.272. The molecule has 1 amide bonds. The maximum Gasteiger partial charge on any atom is 0.241 e. The van der Waals surface area contributed by atoms with E-state index in [-0.39, 0.29) is 18.1 Å². The van der Waals surface area contributed by atoms with E-state index in [4.69, 9.17) is 16.3 Å². The molecule has 2 N–H and O–H groups in total. The number of H-pyrrole nitrogens is 1. The van der Waals surface area contributed by atoms with Crippen LogP contribution in [0.15, 0.2) is 48.5 Å². The number of nitrogens with one attached hydrogen (secondary N) is 2. The molecular formula is C21H23ClN6O2. The Hall–Kier alpha value is -2.81. The van der Waals surface area contributed by atoms with Crippen molar-refractivity contribution in [3.63, 3.8) is 0 Å². The van der Waals surface area contributed by atoms with Crippen molar-refractivity contribution in [1.29, 1.82) is 0 Å². The van der Waals surface area contributed by atoms with Crippen LogP contribution in [0.4, 0.5) is 5.69 Å². The molecule has 2 unspecified atom stereocenters. The van der Waals surface area contributed by atoms with E-state index in [0.717, 1.165) is 25.1 Å². The number of tetrazole rings is 1. The number of carbonyl (C=O) groups excluding carboxylic acids is 1. The number of hydrogen-bond donors (Lipinski definition) is 2. The summed E-state index contributed by atoms with van der Waals surface area (Å²) in [5.41, 5.74) is 2.43. The van der Waals surface area contributed by atoms with Crippen LogP contribution in [0.3, 0.4) is 0 Å². The molecule has 3 aromatic rings. The first-order valence-corrected chi connectivity index (χ1v) is 10.2. The van der Waals surface area contributed by atoms with Crippen molar-refractivity contribution in [3.8, 4) is 11.4 Å². The highest BCUT2D eigenvalue weighted by Gasteiger charge is 2.30. The Morgan fingerprint density at radius 1 is 1.33 bits per heavy atom. The number of nitrogens with zero attached hydrogens (tertiary/aromatic N) is 4. The molecule has 156 valence electrons. The van der Waals surface area contributed by atoms with Gasteiger partial charge in [0.25, 0.3) is 0 Å². The highest BCUT2D eigenvalue weighted by molar-refractivity contribution is 6.33. The fourth-order valence-corrected chi connectivity index (χ4v) is 3.76. The lowest BCUT2D eigenvalue weighted by molar-refractivity contribution is -0.120. The van der Waals surface area contributed by atoms with Crippen molar-refractivity contribution < 1.29 is 9.53 Å². The summed E-state index contributed by atoms with van der Waals surface area (Å²) in [6.45, 7) is 4.06. The molecule has 8 nitrogen and oxygen atoms in total. The second-order valence-corrected chi connectivity index (χ2v) is 7.70. The maximum atomic E-state index is 12.7. The van der Waals surface area contributed by atoms with Crippen LogP contribution in [0.2, 0.25) is 5.02 Å². The third kappa shape index (κ3) is 4.84. The Morgan fingerprint density at radius 2 is 2.17 bits per heavy atom. The summed E-state index contributed by atoms with van der Waals surface area (Å²) < 4.78 is 6.02. The number of rotatable bonds is 7. The van der Waals surface area contributed by atoms with E-state index in [0.29, 0.717) is 28.7 Å². The Labute approximate surface area is 179 Å². The molecule has 1 aliphatic heterocycles. The smallest absolute Gasteiger partial charge is 0.241 e. The number of carbonyl (C=O) groups is 1. The molecule has 4 rings (SSSR count). The molecule has 0 bridgehead atoms. The monoisotopic (exact) mass is 426 g/mol. The SMILES string of the molecule is CC(C(=O)Nc1ccc(-c2nn[nH]n2)c(Cl)c1)N1CCC(OCc2ccccc2)C1. The molecular weight excluding hydrogens is 404 g/mol. The summed E-state index contributed by atoms with van der Waals surface area (Å²) in [5, 5.41) is 17.2. The molecule has 2 atom stereocenters. The zero-order valence-electron chi connectivity index (χ0n) is 16.6. The van der Waals surface area contributed by atoms with Gasteiger partial charge in [-0.25, -0.2) is 0 Å². The predicted molar refractivity (Wildman–Crippen MR) is 114 cm³/mol. The summed E-state index contributed by atoms with van der Waals surface area (Å²) in [6, 6.07) is 15.1. The zero-order valence-corrected chi connectivity index (χ0v) is 17.3. The Morgan fingerprint density at radius 3 is 2.90 bits per heavy atom. The molecule has 0 spiro atoms. The first-order valence-electron chi connectivity index (χ1n) is 9.84. The number of anilines is 1. The second-order valence-electron chi connectivity index (χ2n) is 7.30. The first-order chi connectivity index (χ1) is 14.6. The standard InChI is InChI=1S/C21H23ClN6O2/c1-14(28-10-9-17(12-28)30-13-15-5-3-2-4-6-15)21(29)23-16-7-8-18(19(22)11-16)20-24-26-27-25-20/h2-8,11,14,17H,9-10,12-13H2,1H3,(H,23,29)(H,24,25,26,27). The molecule has 2 aromatic carbocycles. The highest BCUT2D eigenvalue weighted by Crippen LogP contribution is 2.28. The van der Waals surface area contributed by atoms with Crippen LogP contribution < -0.4 is 5.32 Å². The van der Waals surface area contributed by atoms with Gasteiger partial charge in [0.1, 0.15) is 0 Å². The summed E-state index contributed by atoms with van der Waals surface area (Å²) >= 11 is 6.32. The minimum Gasteiger partial charge on any atom is -0.372 e. The van der Waals surface area contributed by atoms with Crippen LogP contribution in [0, 0.1) is 0 Å². The summed E-state index contributed by atoms with van der Waals surface area (Å²) in [7, 11) is 0. The van der Waals surface area contributed by atoms with Crippen molar-refractivity contribution in [2.45, 2.75) is 32.1 Å². The maximum absolute atomic E-state index is 12.7. The van der Waals surface area contributed by atoms with E-state index in [1.54, 1.807) is 18.2 Å². The fraction of sp³-hybridized carbons (Fsp3) is 0.333. The number of aromatic amines is 1. The summed E-state index contributed by atoms with van der Waals surface area (Å²) in [5.74, 6) is 0.326. The molecule has 1 saturated heterocycles. The van der Waals surface area contributed by atoms with Crippen LogP contribution >= 0.6 is 11.6 Å². The van der Waals surface area contributed by atoms with Gasteiger partial charge in [-0.1, -0.05) is 41.9 Å². The molecule has 2 heterocycles. The number of likely N-dealkylation sites (tertiary alicyclic amines) is 1. The van der Waals surface area contributed by atoms with Crippen LogP contribution in [-0.2, 0) is 16.1 Å². The van der Waals surface area contributed by atoms with Crippen LogP contribution in [-0.4, -0.2) is 56.7 Å². The summed E-state index contributed by atoms with van der Waals surface area (Å²) in [4.78, 5) is 14.9. The van der Waals surface area contributed by atoms with E-state index in [1.807, 2.05) is 25.1 Å². The molecule has 0 radical (unpaired) electrons. The second kappa shape index (κ2) is 9.34. The molecule has 9 heteroatoms. The fourth-order valence-electron chi connectivity index (χ4n) is 3.49. The highest BCUT2D eigenvalue weighted by atomic mass is 35.5. The predicted octanol–water partition coefficient (Wildman–Crippen LogP) is 3.14. The largest absolute Gasteiger partial charge is 0.372 e. The average Bonchev–Trinajstić information content (AvgIpc) is 3.45. The van der Waals surface area contributed by atoms with Gasteiger partial charge in [0, 0.05) is 24.3 Å². The van der Waals surface area contributed by atoms with Gasteiger partial charge < -0.3 is 10.1 Å². The van der Waals surface area contributed by atoms with Gasteiger partial charge in [-0.3, -0.25) is 9.69 Å². The van der Waals surface area contributed by atoms with Crippen molar-refractivity contribution in [2.75, 3.05) is 18.4 Å². The lowest BCUT2D eigenvalue weighted by Crippen LogP contribution is -2.41. The van der Waals surface area contributed by atoms with Gasteiger partial charge in [-0.05, 0) is 42.3 Å². The number of ether oxygens (including phenoxy) is 1. The van der Waals surface area contributed by atoms with Crippen molar-refractivity contribution >= 4 is 23.2 Å². The quantitative estimate of drug-likeness (QED) is 0.602. The van der Waals surface area contributed by atoms with E-state index in [2.05, 4.69) is 43.0 Å².